The van der Waals surface area contributed by atoms with Crippen molar-refractivity contribution in [1.82, 2.24) is 4.57 Å². The molecule has 1 aromatic carbocycles. The average molecular weight is 279 g/mol. The first-order valence-electron chi connectivity index (χ1n) is 5.09. The normalized spacial score (nSPS) is 10.2. The van der Waals surface area contributed by atoms with Gasteiger partial charge >= 0.3 is 5.97 Å². The fourth-order valence-corrected chi connectivity index (χ4v) is 2.07. The largest absolute Gasteiger partial charge is 0.506 e. The molecule has 0 saturated heterocycles. The highest BCUT2D eigenvalue weighted by Gasteiger charge is 2.23. The maximum Gasteiger partial charge on any atom is 0.362 e. The Morgan fingerprint density at radius 3 is 2.84 bits per heavy atom. The van der Waals surface area contributed by atoms with Gasteiger partial charge in [0.15, 0.2) is 5.56 Å². The lowest BCUT2D eigenvalue weighted by Gasteiger charge is -2.10. The third-order valence-electron chi connectivity index (χ3n) is 2.69. The second-order valence-corrected chi connectivity index (χ2v) is 4.11. The van der Waals surface area contributed by atoms with Gasteiger partial charge in [0.05, 0.1) is 15.9 Å². The molecule has 1 N–H and O–H groups in total. The van der Waals surface area contributed by atoms with E-state index in [-0.39, 0.29) is 10.4 Å². The Labute approximate surface area is 112 Å². The van der Waals surface area contributed by atoms with Crippen LogP contribution in [-0.4, -0.2) is 15.6 Å². The van der Waals surface area contributed by atoms with Gasteiger partial charge in [-0.3, -0.25) is 4.79 Å². The molecule has 6 nitrogen and oxygen atoms in total. The molecule has 19 heavy (non-hydrogen) atoms. The highest BCUT2D eigenvalue weighted by atomic mass is 35.5. The number of rotatable bonds is 1. The minimum Gasteiger partial charge on any atom is -0.506 e. The lowest BCUT2D eigenvalue weighted by Crippen LogP contribution is -2.25. The summed E-state index contributed by atoms with van der Waals surface area (Å²) >= 11 is 5.95. The highest BCUT2D eigenvalue weighted by molar-refractivity contribution is 6.36. The SMILES string of the molecule is Cn1c(=O)c(C(=O)OC#N)c(O)c2c(Cl)cccc21. The molecule has 0 bridgehead atoms. The van der Waals surface area contributed by atoms with Crippen molar-refractivity contribution in [2.75, 3.05) is 0 Å². The van der Waals surface area contributed by atoms with Crippen LogP contribution in [-0.2, 0) is 11.8 Å². The summed E-state index contributed by atoms with van der Waals surface area (Å²) in [6.07, 6.45) is 1.16. The number of carbonyl (C=O) groups is 1. The molecule has 2 aromatic rings. The molecule has 0 aliphatic rings. The van der Waals surface area contributed by atoms with Crippen LogP contribution < -0.4 is 5.56 Å². The fraction of sp³-hybridized carbons (Fsp3) is 0.0833. The van der Waals surface area contributed by atoms with Gasteiger partial charge < -0.3 is 14.4 Å². The lowest BCUT2D eigenvalue weighted by atomic mass is 10.1. The van der Waals surface area contributed by atoms with Crippen molar-refractivity contribution < 1.29 is 14.6 Å². The maximum atomic E-state index is 12.0. The number of fused-ring (bicyclic) bond motifs is 1. The molecule has 1 heterocycles. The van der Waals surface area contributed by atoms with E-state index in [9.17, 15) is 14.7 Å². The number of carbonyl (C=O) groups excluding carboxylic acids is 1. The molecule has 0 fully saturated rings. The van der Waals surface area contributed by atoms with Gasteiger partial charge in [0.2, 0.25) is 0 Å². The minimum atomic E-state index is -1.22. The molecule has 1 aromatic heterocycles. The van der Waals surface area contributed by atoms with E-state index in [4.69, 9.17) is 16.9 Å². The van der Waals surface area contributed by atoms with E-state index in [1.54, 1.807) is 12.1 Å². The van der Waals surface area contributed by atoms with E-state index >= 15 is 0 Å². The van der Waals surface area contributed by atoms with Gasteiger partial charge in [-0.2, -0.15) is 0 Å². The van der Waals surface area contributed by atoms with Crippen molar-refractivity contribution in [2.45, 2.75) is 0 Å². The van der Waals surface area contributed by atoms with Crippen molar-refractivity contribution in [3.8, 4) is 12.0 Å². The summed E-state index contributed by atoms with van der Waals surface area (Å²) in [5.74, 6) is -1.81. The number of halogens is 1. The molecule has 0 radical (unpaired) electrons. The molecule has 0 atom stereocenters. The number of aromatic hydroxyl groups is 1. The van der Waals surface area contributed by atoms with Crippen LogP contribution in [0.25, 0.3) is 10.9 Å². The first-order chi connectivity index (χ1) is 8.99. The molecule has 0 amide bonds. The Hall–Kier alpha value is -2.52. The quantitative estimate of drug-likeness (QED) is 0.631. The first kappa shape index (κ1) is 12.9. The van der Waals surface area contributed by atoms with Crippen LogP contribution in [0.3, 0.4) is 0 Å². The number of hydrogen-bond donors (Lipinski definition) is 1. The molecule has 2 rings (SSSR count). The van der Waals surface area contributed by atoms with Gasteiger partial charge in [0.25, 0.3) is 11.8 Å². The molecular formula is C12H7ClN2O4. The van der Waals surface area contributed by atoms with Crippen LogP contribution in [0.2, 0.25) is 5.02 Å². The Bertz CT molecular complexity index is 789. The van der Waals surface area contributed by atoms with Gasteiger partial charge in [0.1, 0.15) is 5.75 Å². The third-order valence-corrected chi connectivity index (χ3v) is 3.00. The number of pyridine rings is 1. The van der Waals surface area contributed by atoms with E-state index < -0.39 is 22.8 Å². The van der Waals surface area contributed by atoms with Gasteiger partial charge in [0, 0.05) is 7.05 Å². The number of nitrogens with zero attached hydrogens (tertiary/aromatic N) is 2. The van der Waals surface area contributed by atoms with Crippen LogP contribution in [0.4, 0.5) is 0 Å². The van der Waals surface area contributed by atoms with E-state index in [1.165, 1.54) is 13.1 Å². The van der Waals surface area contributed by atoms with Crippen molar-refractivity contribution >= 4 is 28.5 Å². The standard InChI is InChI=1S/C12H7ClN2O4/c1-15-7-4-2-3-6(13)8(7)10(16)9(11(15)17)12(18)19-5-14/h2-4,16H,1H3. The number of benzene rings is 1. The topological polar surface area (TPSA) is 92.3 Å². The van der Waals surface area contributed by atoms with Gasteiger partial charge in [-0.1, -0.05) is 17.7 Å². The number of aryl methyl sites for hydroxylation is 1. The molecule has 96 valence electrons. The van der Waals surface area contributed by atoms with Crippen LogP contribution in [0, 0.1) is 11.5 Å². The van der Waals surface area contributed by atoms with Crippen molar-refractivity contribution in [3.63, 3.8) is 0 Å². The highest BCUT2D eigenvalue weighted by Crippen LogP contribution is 2.32. The Morgan fingerprint density at radius 2 is 2.21 bits per heavy atom. The number of aromatic nitrogens is 1. The summed E-state index contributed by atoms with van der Waals surface area (Å²) in [7, 11) is 1.42. The van der Waals surface area contributed by atoms with E-state index in [2.05, 4.69) is 4.74 Å². The summed E-state index contributed by atoms with van der Waals surface area (Å²) in [5, 5.41) is 18.7. The summed E-state index contributed by atoms with van der Waals surface area (Å²) in [4.78, 5) is 23.5. The van der Waals surface area contributed by atoms with Crippen LogP contribution in [0.5, 0.6) is 5.75 Å². The Morgan fingerprint density at radius 1 is 1.53 bits per heavy atom. The Balaban J connectivity index is 2.96. The lowest BCUT2D eigenvalue weighted by molar-refractivity contribution is 0.0680. The molecule has 0 spiro atoms. The predicted octanol–water partition coefficient (Wildman–Crippen LogP) is 1.54. The van der Waals surface area contributed by atoms with Crippen molar-refractivity contribution in [3.05, 3.63) is 39.1 Å². The number of nitriles is 1. The van der Waals surface area contributed by atoms with Crippen molar-refractivity contribution in [2.24, 2.45) is 7.05 Å². The minimum absolute atomic E-state index is 0.149. The summed E-state index contributed by atoms with van der Waals surface area (Å²) < 4.78 is 5.23. The Kier molecular flexibility index (Phi) is 3.15. The zero-order chi connectivity index (χ0) is 14.2. The number of ether oxygens (including phenoxy) is 1. The average Bonchev–Trinajstić information content (AvgIpc) is 2.36. The van der Waals surface area contributed by atoms with E-state index in [0.29, 0.717) is 5.52 Å². The summed E-state index contributed by atoms with van der Waals surface area (Å²) in [6.45, 7) is 0. The number of hydrogen-bond acceptors (Lipinski definition) is 5. The second-order valence-electron chi connectivity index (χ2n) is 3.70. The van der Waals surface area contributed by atoms with Gasteiger partial charge in [-0.05, 0) is 12.1 Å². The number of esters is 1. The van der Waals surface area contributed by atoms with Crippen LogP contribution in [0.15, 0.2) is 23.0 Å². The molecule has 0 aliphatic carbocycles. The second kappa shape index (κ2) is 4.63. The van der Waals surface area contributed by atoms with E-state index in [0.717, 1.165) is 10.8 Å². The first-order valence-corrected chi connectivity index (χ1v) is 5.47. The summed E-state index contributed by atoms with van der Waals surface area (Å²) in [6, 6.07) is 4.69. The fourth-order valence-electron chi connectivity index (χ4n) is 1.81. The van der Waals surface area contributed by atoms with Crippen LogP contribution >= 0.6 is 11.6 Å². The van der Waals surface area contributed by atoms with Gasteiger partial charge in [-0.25, -0.2) is 4.79 Å². The predicted molar refractivity (Wildman–Crippen MR) is 66.9 cm³/mol. The van der Waals surface area contributed by atoms with Gasteiger partial charge in [-0.15, -0.1) is 5.26 Å². The summed E-state index contributed by atoms with van der Waals surface area (Å²) in [5.41, 5.74) is -1.03. The smallest absolute Gasteiger partial charge is 0.362 e. The zero-order valence-electron chi connectivity index (χ0n) is 9.68. The molecule has 0 unspecified atom stereocenters. The van der Waals surface area contributed by atoms with Crippen molar-refractivity contribution in [1.29, 1.82) is 5.26 Å². The molecule has 0 saturated carbocycles. The third kappa shape index (κ3) is 1.90. The van der Waals surface area contributed by atoms with Crippen LogP contribution in [0.1, 0.15) is 10.4 Å². The monoisotopic (exact) mass is 278 g/mol. The van der Waals surface area contributed by atoms with E-state index in [1.807, 2.05) is 0 Å². The molecule has 7 heteroatoms. The zero-order valence-corrected chi connectivity index (χ0v) is 10.4. The maximum absolute atomic E-state index is 12.0. The molecule has 0 aliphatic heterocycles. The molecular weight excluding hydrogens is 272 g/mol.